The molecule has 1 aromatic heterocycles. The zero-order chi connectivity index (χ0) is 21.9. The van der Waals surface area contributed by atoms with Crippen molar-refractivity contribution in [3.63, 3.8) is 0 Å². The van der Waals surface area contributed by atoms with Gasteiger partial charge in [0, 0.05) is 30.7 Å². The molecule has 6 heteroatoms. The minimum atomic E-state index is -0.165. The average molecular weight is 433 g/mol. The summed E-state index contributed by atoms with van der Waals surface area (Å²) in [6, 6.07) is 16.3. The van der Waals surface area contributed by atoms with Crippen LogP contribution in [-0.4, -0.2) is 35.7 Å². The average Bonchev–Trinajstić information content (AvgIpc) is 3.15. The minimum Gasteiger partial charge on any atom is -0.491 e. The lowest BCUT2D eigenvalue weighted by Gasteiger charge is -2.21. The topological polar surface area (TPSA) is 64.8 Å². The highest BCUT2D eigenvalue weighted by Gasteiger charge is 2.29. The summed E-state index contributed by atoms with van der Waals surface area (Å²) in [6.45, 7) is 4.04. The van der Waals surface area contributed by atoms with Crippen molar-refractivity contribution in [2.24, 2.45) is 0 Å². The van der Waals surface area contributed by atoms with Crippen LogP contribution in [0.5, 0.6) is 5.75 Å². The van der Waals surface area contributed by atoms with Crippen molar-refractivity contribution >= 4 is 5.91 Å². The fourth-order valence-electron chi connectivity index (χ4n) is 4.63. The monoisotopic (exact) mass is 432 g/mol. The number of aromatic nitrogens is 1. The summed E-state index contributed by atoms with van der Waals surface area (Å²) in [5, 5.41) is 4.14. The van der Waals surface area contributed by atoms with Gasteiger partial charge in [-0.05, 0) is 49.4 Å². The number of amides is 1. The third-order valence-corrected chi connectivity index (χ3v) is 6.24. The van der Waals surface area contributed by atoms with Crippen LogP contribution in [0.3, 0.4) is 0 Å². The molecule has 32 heavy (non-hydrogen) atoms. The minimum absolute atomic E-state index is 0.0804. The Morgan fingerprint density at radius 3 is 2.81 bits per heavy atom. The number of carbonyl (C=O) groups excluding carboxylic acids is 1. The van der Waals surface area contributed by atoms with Crippen molar-refractivity contribution in [1.82, 2.24) is 10.1 Å². The summed E-state index contributed by atoms with van der Waals surface area (Å²) in [5.74, 6) is 1.61. The summed E-state index contributed by atoms with van der Waals surface area (Å²) in [4.78, 5) is 15.2. The number of hydrogen-bond donors (Lipinski definition) is 0. The first-order valence-corrected chi connectivity index (χ1v) is 11.4. The van der Waals surface area contributed by atoms with Gasteiger partial charge in [0.05, 0.1) is 6.54 Å². The molecule has 0 N–H and O–H groups in total. The van der Waals surface area contributed by atoms with Crippen molar-refractivity contribution in [3.05, 3.63) is 82.2 Å². The number of ether oxygens (including phenoxy) is 2. The molecule has 1 unspecified atom stereocenters. The van der Waals surface area contributed by atoms with Gasteiger partial charge in [-0.2, -0.15) is 0 Å². The van der Waals surface area contributed by atoms with Gasteiger partial charge in [0.15, 0.2) is 5.69 Å². The van der Waals surface area contributed by atoms with E-state index >= 15 is 0 Å². The van der Waals surface area contributed by atoms with Crippen molar-refractivity contribution < 1.29 is 18.8 Å². The second-order valence-corrected chi connectivity index (χ2v) is 8.33. The zero-order valence-corrected chi connectivity index (χ0v) is 18.4. The van der Waals surface area contributed by atoms with Crippen LogP contribution in [0.25, 0.3) is 0 Å². The first-order valence-electron chi connectivity index (χ1n) is 11.4. The van der Waals surface area contributed by atoms with Crippen LogP contribution in [0.15, 0.2) is 53.1 Å². The fraction of sp³-hybridized carbons (Fsp3) is 0.385. The maximum atomic E-state index is 13.4. The predicted octanol–water partition coefficient (Wildman–Crippen LogP) is 4.71. The third kappa shape index (κ3) is 4.02. The summed E-state index contributed by atoms with van der Waals surface area (Å²) >= 11 is 0. The fourth-order valence-corrected chi connectivity index (χ4v) is 4.63. The molecule has 6 nitrogen and oxygen atoms in total. The molecular formula is C26H28N2O4. The lowest BCUT2D eigenvalue weighted by Crippen LogP contribution is -2.33. The first-order chi connectivity index (χ1) is 15.7. The third-order valence-electron chi connectivity index (χ3n) is 6.24. The zero-order valence-electron chi connectivity index (χ0n) is 18.4. The van der Waals surface area contributed by atoms with Gasteiger partial charge in [-0.15, -0.1) is 0 Å². The van der Waals surface area contributed by atoms with Crippen LogP contribution in [0.2, 0.25) is 0 Å². The van der Waals surface area contributed by atoms with Gasteiger partial charge in [0.1, 0.15) is 24.2 Å². The Morgan fingerprint density at radius 2 is 1.97 bits per heavy atom. The van der Waals surface area contributed by atoms with Gasteiger partial charge >= 0.3 is 0 Å². The number of carbonyl (C=O) groups is 1. The van der Waals surface area contributed by atoms with Crippen LogP contribution in [-0.2, 0) is 24.1 Å². The maximum Gasteiger partial charge on any atom is 0.276 e. The van der Waals surface area contributed by atoms with Crippen molar-refractivity contribution in [2.45, 2.75) is 45.3 Å². The maximum absolute atomic E-state index is 13.4. The highest BCUT2D eigenvalue weighted by Crippen LogP contribution is 2.32. The predicted molar refractivity (Wildman–Crippen MR) is 120 cm³/mol. The number of fused-ring (bicyclic) bond motifs is 2. The first kappa shape index (κ1) is 20.8. The van der Waals surface area contributed by atoms with E-state index in [0.717, 1.165) is 59.4 Å². The molecule has 2 heterocycles. The molecule has 1 atom stereocenters. The number of nitrogens with zero attached hydrogens (tertiary/aromatic N) is 2. The Balaban J connectivity index is 1.43. The standard InChI is InChI=1S/C26H28N2O4/c1-2-30-25(18-8-4-3-5-9-18)19-12-13-22-20(16-19)17-28(14-15-31-22)26(29)24-21-10-6-7-11-23(21)32-27-24/h3-5,8-9,12-13,16,25H,2,6-7,10-11,14-15,17H2,1H3. The molecule has 0 saturated heterocycles. The van der Waals surface area contributed by atoms with E-state index in [-0.39, 0.29) is 12.0 Å². The Kier molecular flexibility index (Phi) is 5.95. The van der Waals surface area contributed by atoms with E-state index < -0.39 is 0 Å². The molecule has 0 radical (unpaired) electrons. The van der Waals surface area contributed by atoms with Gasteiger partial charge in [-0.3, -0.25) is 4.79 Å². The molecule has 3 aromatic rings. The van der Waals surface area contributed by atoms with E-state index in [4.69, 9.17) is 14.0 Å². The molecule has 1 aliphatic carbocycles. The van der Waals surface area contributed by atoms with Crippen LogP contribution >= 0.6 is 0 Å². The molecule has 1 amide bonds. The highest BCUT2D eigenvalue weighted by atomic mass is 16.5. The van der Waals surface area contributed by atoms with E-state index in [1.165, 1.54) is 0 Å². The van der Waals surface area contributed by atoms with Gasteiger partial charge in [0.25, 0.3) is 5.91 Å². The van der Waals surface area contributed by atoms with Gasteiger partial charge in [-0.1, -0.05) is 41.6 Å². The quantitative estimate of drug-likeness (QED) is 0.584. The van der Waals surface area contributed by atoms with Crippen LogP contribution in [0, 0.1) is 0 Å². The molecule has 166 valence electrons. The molecular weight excluding hydrogens is 404 g/mol. The van der Waals surface area contributed by atoms with E-state index in [1.54, 1.807) is 0 Å². The second kappa shape index (κ2) is 9.17. The van der Waals surface area contributed by atoms with Gasteiger partial charge in [-0.25, -0.2) is 0 Å². The Bertz CT molecular complexity index is 1090. The lowest BCUT2D eigenvalue weighted by molar-refractivity contribution is 0.0721. The summed E-state index contributed by atoms with van der Waals surface area (Å²) < 4.78 is 17.5. The normalized spacial score (nSPS) is 16.5. The molecule has 0 fully saturated rings. The lowest BCUT2D eigenvalue weighted by atomic mass is 9.96. The summed E-state index contributed by atoms with van der Waals surface area (Å²) in [6.07, 6.45) is 3.72. The van der Waals surface area contributed by atoms with E-state index in [9.17, 15) is 4.79 Å². The molecule has 0 saturated carbocycles. The Morgan fingerprint density at radius 1 is 1.12 bits per heavy atom. The van der Waals surface area contributed by atoms with Crippen molar-refractivity contribution in [2.75, 3.05) is 19.8 Å². The Hall–Kier alpha value is -3.12. The van der Waals surface area contributed by atoms with Crippen molar-refractivity contribution in [1.29, 1.82) is 0 Å². The molecule has 2 aliphatic rings. The molecule has 1 aliphatic heterocycles. The largest absolute Gasteiger partial charge is 0.491 e. The highest BCUT2D eigenvalue weighted by molar-refractivity contribution is 5.94. The molecule has 0 bridgehead atoms. The van der Waals surface area contributed by atoms with E-state index in [0.29, 0.717) is 32.0 Å². The SMILES string of the molecule is CCOC(c1ccccc1)c1ccc2c(c1)CN(C(=O)c1noc3c1CCCC3)CCO2. The number of aryl methyl sites for hydroxylation is 1. The van der Waals surface area contributed by atoms with Crippen LogP contribution in [0.4, 0.5) is 0 Å². The number of hydrogen-bond acceptors (Lipinski definition) is 5. The van der Waals surface area contributed by atoms with Gasteiger partial charge in [0.2, 0.25) is 0 Å². The second-order valence-electron chi connectivity index (χ2n) is 8.33. The van der Waals surface area contributed by atoms with Gasteiger partial charge < -0.3 is 18.9 Å². The molecule has 0 spiro atoms. The Labute approximate surface area is 188 Å². The van der Waals surface area contributed by atoms with E-state index in [2.05, 4.69) is 29.4 Å². The van der Waals surface area contributed by atoms with Crippen LogP contribution in [0.1, 0.15) is 64.4 Å². The number of benzene rings is 2. The smallest absolute Gasteiger partial charge is 0.276 e. The molecule has 5 rings (SSSR count). The van der Waals surface area contributed by atoms with E-state index in [1.807, 2.05) is 36.1 Å². The van der Waals surface area contributed by atoms with Crippen LogP contribution < -0.4 is 4.74 Å². The molecule has 2 aromatic carbocycles. The number of rotatable bonds is 5. The summed E-state index contributed by atoms with van der Waals surface area (Å²) in [7, 11) is 0. The summed E-state index contributed by atoms with van der Waals surface area (Å²) in [5.41, 5.74) is 4.59. The van der Waals surface area contributed by atoms with Crippen molar-refractivity contribution in [3.8, 4) is 5.75 Å².